The van der Waals surface area contributed by atoms with Gasteiger partial charge in [0.05, 0.1) is 11.6 Å². The number of rotatable bonds is 4. The van der Waals surface area contributed by atoms with Gasteiger partial charge in [-0.15, -0.1) is 0 Å². The second-order valence-corrected chi connectivity index (χ2v) is 6.73. The fraction of sp³-hybridized carbons (Fsp3) is 0.368. The Morgan fingerprint density at radius 3 is 2.30 bits per heavy atom. The highest BCUT2D eigenvalue weighted by Crippen LogP contribution is 2.20. The number of carboxylic acid groups (broad SMARTS) is 1. The minimum Gasteiger partial charge on any atom is -0.481 e. The van der Waals surface area contributed by atoms with E-state index in [1.54, 1.807) is 42.3 Å². The fourth-order valence-corrected chi connectivity index (χ4v) is 3.23. The highest BCUT2D eigenvalue weighted by molar-refractivity contribution is 6.03. The predicted octanol–water partition coefficient (Wildman–Crippen LogP) is 1.92. The third-order valence-corrected chi connectivity index (χ3v) is 4.76. The van der Waals surface area contributed by atoms with Crippen molar-refractivity contribution in [2.45, 2.75) is 19.8 Å². The van der Waals surface area contributed by atoms with Gasteiger partial charge < -0.3 is 15.3 Å². The summed E-state index contributed by atoms with van der Waals surface area (Å²) in [6, 6.07) is 8.39. The van der Waals surface area contributed by atoms with E-state index in [1.807, 2.05) is 6.92 Å². The molecule has 0 saturated carbocycles. The van der Waals surface area contributed by atoms with Crippen LogP contribution in [0, 0.1) is 12.8 Å². The second kappa shape index (κ2) is 7.61. The number of piperidine rings is 1. The zero-order chi connectivity index (χ0) is 19.6. The number of nitrogens with zero attached hydrogens (tertiary/aromatic N) is 3. The van der Waals surface area contributed by atoms with E-state index in [4.69, 9.17) is 5.11 Å². The van der Waals surface area contributed by atoms with E-state index in [9.17, 15) is 14.4 Å². The summed E-state index contributed by atoms with van der Waals surface area (Å²) in [4.78, 5) is 37.5. The first kappa shape index (κ1) is 18.6. The van der Waals surface area contributed by atoms with Crippen LogP contribution in [0.1, 0.15) is 39.4 Å². The zero-order valence-corrected chi connectivity index (χ0v) is 15.3. The minimum absolute atomic E-state index is 0.126. The number of aromatic nitrogens is 2. The van der Waals surface area contributed by atoms with Gasteiger partial charge in [-0.25, -0.2) is 0 Å². The number of nitrogens with one attached hydrogen (secondary N) is 1. The van der Waals surface area contributed by atoms with Crippen molar-refractivity contribution in [3.63, 3.8) is 0 Å². The van der Waals surface area contributed by atoms with E-state index < -0.39 is 5.97 Å². The Hall–Kier alpha value is -3.16. The maximum Gasteiger partial charge on any atom is 0.306 e. The molecule has 2 N–H and O–H groups in total. The lowest BCUT2D eigenvalue weighted by Gasteiger charge is -2.30. The largest absolute Gasteiger partial charge is 0.481 e. The number of likely N-dealkylation sites (tertiary alicyclic amines) is 1. The standard InChI is InChI=1S/C19H22N4O4/c1-12-11-16(22(2)21-12)17(24)20-15-5-3-13(4-6-15)18(25)23-9-7-14(8-10-23)19(26)27/h3-6,11,14H,7-10H2,1-2H3,(H,20,24)(H,26,27). The van der Waals surface area contributed by atoms with Crippen molar-refractivity contribution in [1.29, 1.82) is 0 Å². The molecule has 3 rings (SSSR count). The van der Waals surface area contributed by atoms with Crippen molar-refractivity contribution < 1.29 is 19.5 Å². The number of carboxylic acids is 1. The van der Waals surface area contributed by atoms with Crippen LogP contribution >= 0.6 is 0 Å². The van der Waals surface area contributed by atoms with Crippen LogP contribution in [-0.2, 0) is 11.8 Å². The molecule has 0 aliphatic carbocycles. The summed E-state index contributed by atoms with van der Waals surface area (Å²) in [6.07, 6.45) is 0.943. The molecule has 0 spiro atoms. The average Bonchev–Trinajstić information content (AvgIpc) is 3.00. The minimum atomic E-state index is -0.800. The van der Waals surface area contributed by atoms with E-state index >= 15 is 0 Å². The lowest BCUT2D eigenvalue weighted by molar-refractivity contribution is -0.143. The molecule has 27 heavy (non-hydrogen) atoms. The van der Waals surface area contributed by atoms with Crippen molar-refractivity contribution in [3.05, 3.63) is 47.3 Å². The Balaban J connectivity index is 1.62. The SMILES string of the molecule is Cc1cc(C(=O)Nc2ccc(C(=O)N3CCC(C(=O)O)CC3)cc2)n(C)n1. The van der Waals surface area contributed by atoms with Gasteiger partial charge in [0.15, 0.2) is 0 Å². The van der Waals surface area contributed by atoms with Crippen LogP contribution in [0.15, 0.2) is 30.3 Å². The lowest BCUT2D eigenvalue weighted by atomic mass is 9.96. The van der Waals surface area contributed by atoms with Crippen LogP contribution in [0.25, 0.3) is 0 Å². The first-order valence-corrected chi connectivity index (χ1v) is 8.79. The zero-order valence-electron chi connectivity index (χ0n) is 15.3. The van der Waals surface area contributed by atoms with Crippen molar-refractivity contribution in [2.24, 2.45) is 13.0 Å². The first-order chi connectivity index (χ1) is 12.8. The second-order valence-electron chi connectivity index (χ2n) is 6.73. The molecule has 1 aliphatic rings. The maximum absolute atomic E-state index is 12.6. The van der Waals surface area contributed by atoms with Crippen molar-refractivity contribution in [2.75, 3.05) is 18.4 Å². The molecular formula is C19H22N4O4. The van der Waals surface area contributed by atoms with E-state index in [1.165, 1.54) is 4.68 Å². The molecule has 1 aromatic heterocycles. The highest BCUT2D eigenvalue weighted by atomic mass is 16.4. The van der Waals surface area contributed by atoms with Gasteiger partial charge in [-0.1, -0.05) is 0 Å². The molecule has 142 valence electrons. The molecule has 0 radical (unpaired) electrons. The van der Waals surface area contributed by atoms with Gasteiger partial charge in [0, 0.05) is 31.4 Å². The van der Waals surface area contributed by atoms with Crippen LogP contribution in [0.2, 0.25) is 0 Å². The molecule has 1 saturated heterocycles. The molecule has 0 unspecified atom stereocenters. The molecular weight excluding hydrogens is 348 g/mol. The maximum atomic E-state index is 12.6. The van der Waals surface area contributed by atoms with Crippen molar-refractivity contribution in [1.82, 2.24) is 14.7 Å². The van der Waals surface area contributed by atoms with Crippen LogP contribution in [-0.4, -0.2) is 50.7 Å². The van der Waals surface area contributed by atoms with Gasteiger partial charge in [0.25, 0.3) is 11.8 Å². The van der Waals surface area contributed by atoms with Gasteiger partial charge in [0.2, 0.25) is 0 Å². The lowest BCUT2D eigenvalue weighted by Crippen LogP contribution is -2.40. The van der Waals surface area contributed by atoms with Crippen LogP contribution in [0.4, 0.5) is 5.69 Å². The van der Waals surface area contributed by atoms with E-state index in [2.05, 4.69) is 10.4 Å². The quantitative estimate of drug-likeness (QED) is 0.855. The molecule has 2 aromatic rings. The third-order valence-electron chi connectivity index (χ3n) is 4.76. The van der Waals surface area contributed by atoms with Crippen molar-refractivity contribution in [3.8, 4) is 0 Å². The summed E-state index contributed by atoms with van der Waals surface area (Å²) in [5.41, 5.74) is 2.31. The summed E-state index contributed by atoms with van der Waals surface area (Å²) in [5, 5.41) is 16.0. The Morgan fingerprint density at radius 1 is 1.15 bits per heavy atom. The molecule has 1 fully saturated rings. The number of amides is 2. The van der Waals surface area contributed by atoms with E-state index in [-0.39, 0.29) is 17.7 Å². The topological polar surface area (TPSA) is 105 Å². The number of carbonyl (C=O) groups excluding carboxylic acids is 2. The van der Waals surface area contributed by atoms with Crippen molar-refractivity contribution >= 4 is 23.5 Å². The van der Waals surface area contributed by atoms with Gasteiger partial charge in [0.1, 0.15) is 5.69 Å². The highest BCUT2D eigenvalue weighted by Gasteiger charge is 2.27. The summed E-state index contributed by atoms with van der Waals surface area (Å²) in [6.45, 7) is 2.69. The monoisotopic (exact) mass is 370 g/mol. The van der Waals surface area contributed by atoms with Crippen LogP contribution in [0.5, 0.6) is 0 Å². The Bertz CT molecular complexity index is 864. The van der Waals surface area contributed by atoms with E-state index in [0.717, 1.165) is 5.69 Å². The number of hydrogen-bond donors (Lipinski definition) is 2. The van der Waals surface area contributed by atoms with E-state index in [0.29, 0.717) is 42.9 Å². The molecule has 8 nitrogen and oxygen atoms in total. The number of aliphatic carboxylic acids is 1. The number of benzene rings is 1. The molecule has 8 heteroatoms. The van der Waals surface area contributed by atoms with Gasteiger partial charge >= 0.3 is 5.97 Å². The normalized spacial score (nSPS) is 14.8. The summed E-state index contributed by atoms with van der Waals surface area (Å²) >= 11 is 0. The van der Waals surface area contributed by atoms with Crippen LogP contribution < -0.4 is 5.32 Å². The molecule has 1 aromatic carbocycles. The fourth-order valence-electron chi connectivity index (χ4n) is 3.23. The molecule has 0 atom stereocenters. The van der Waals surface area contributed by atoms with Gasteiger partial charge in [-0.05, 0) is 50.1 Å². The van der Waals surface area contributed by atoms with Crippen LogP contribution in [0.3, 0.4) is 0 Å². The van der Waals surface area contributed by atoms with Gasteiger partial charge in [-0.3, -0.25) is 19.1 Å². The Morgan fingerprint density at radius 2 is 1.78 bits per heavy atom. The predicted molar refractivity (Wildman–Crippen MR) is 98.6 cm³/mol. The summed E-state index contributed by atoms with van der Waals surface area (Å²) in [7, 11) is 1.71. The number of hydrogen-bond acceptors (Lipinski definition) is 4. The molecule has 2 amide bonds. The Kier molecular flexibility index (Phi) is 5.25. The number of anilines is 1. The first-order valence-electron chi connectivity index (χ1n) is 8.79. The molecule has 2 heterocycles. The Labute approximate surface area is 156 Å². The molecule has 1 aliphatic heterocycles. The molecule has 0 bridgehead atoms. The average molecular weight is 370 g/mol. The smallest absolute Gasteiger partial charge is 0.306 e. The summed E-state index contributed by atoms with van der Waals surface area (Å²) < 4.78 is 1.52. The summed E-state index contributed by atoms with van der Waals surface area (Å²) in [5.74, 6) is -1.57. The number of carbonyl (C=O) groups is 3. The number of aryl methyl sites for hydroxylation is 2. The third kappa shape index (κ3) is 4.16. The van der Waals surface area contributed by atoms with Gasteiger partial charge in [-0.2, -0.15) is 5.10 Å².